The van der Waals surface area contributed by atoms with E-state index in [9.17, 15) is 23.3 Å². The third kappa shape index (κ3) is 2.46. The number of nitrogens with two attached hydrogens (primary N) is 1. The van der Waals surface area contributed by atoms with E-state index in [1.165, 1.54) is 6.07 Å². The molecule has 100 valence electrons. The van der Waals surface area contributed by atoms with Crippen molar-refractivity contribution in [3.63, 3.8) is 0 Å². The molecule has 0 saturated carbocycles. The van der Waals surface area contributed by atoms with Gasteiger partial charge in [0.05, 0.1) is 4.92 Å². The first-order chi connectivity index (χ1) is 8.79. The van der Waals surface area contributed by atoms with E-state index in [-0.39, 0.29) is 11.6 Å². The lowest BCUT2D eigenvalue weighted by atomic mass is 10.4. The van der Waals surface area contributed by atoms with Crippen LogP contribution < -0.4 is 5.73 Å². The number of aromatic nitrogens is 3. The second-order valence-corrected chi connectivity index (χ2v) is 3.48. The van der Waals surface area contributed by atoms with E-state index in [0.717, 1.165) is 12.3 Å². The minimum Gasteiger partial charge on any atom is -0.384 e. The maximum absolute atomic E-state index is 12.4. The predicted octanol–water partition coefficient (Wildman–Crippen LogP) is 1.78. The van der Waals surface area contributed by atoms with Gasteiger partial charge in [-0.2, -0.15) is 18.3 Å². The molecule has 2 aromatic rings. The van der Waals surface area contributed by atoms with E-state index in [1.807, 2.05) is 0 Å². The maximum Gasteiger partial charge on any atom is 0.435 e. The standard InChI is InChI=1S/C9H6F3N5O2/c10-9(11,12)6-3-4-16(15-6)8-5(17(18)19)1-2-7(13)14-8/h1-4H,(H2,13,14). The number of nitro groups is 1. The van der Waals surface area contributed by atoms with Gasteiger partial charge in [0, 0.05) is 12.3 Å². The van der Waals surface area contributed by atoms with Crippen molar-refractivity contribution in [2.75, 3.05) is 5.73 Å². The normalized spacial score (nSPS) is 11.5. The summed E-state index contributed by atoms with van der Waals surface area (Å²) >= 11 is 0. The van der Waals surface area contributed by atoms with Crippen molar-refractivity contribution in [1.29, 1.82) is 0 Å². The third-order valence-electron chi connectivity index (χ3n) is 2.17. The highest BCUT2D eigenvalue weighted by Crippen LogP contribution is 2.29. The van der Waals surface area contributed by atoms with Gasteiger partial charge in [-0.25, -0.2) is 9.67 Å². The first kappa shape index (κ1) is 12.8. The number of hydrogen-bond acceptors (Lipinski definition) is 5. The smallest absolute Gasteiger partial charge is 0.384 e. The van der Waals surface area contributed by atoms with Gasteiger partial charge in [-0.05, 0) is 12.1 Å². The van der Waals surface area contributed by atoms with E-state index < -0.39 is 22.5 Å². The lowest BCUT2D eigenvalue weighted by Gasteiger charge is -2.04. The largest absolute Gasteiger partial charge is 0.435 e. The molecule has 19 heavy (non-hydrogen) atoms. The van der Waals surface area contributed by atoms with E-state index in [2.05, 4.69) is 10.1 Å². The van der Waals surface area contributed by atoms with Gasteiger partial charge in [0.2, 0.25) is 5.82 Å². The van der Waals surface area contributed by atoms with Crippen molar-refractivity contribution < 1.29 is 18.1 Å². The van der Waals surface area contributed by atoms with Crippen molar-refractivity contribution in [3.05, 3.63) is 40.2 Å². The fraction of sp³-hybridized carbons (Fsp3) is 0.111. The van der Waals surface area contributed by atoms with Gasteiger partial charge in [-0.1, -0.05) is 0 Å². The van der Waals surface area contributed by atoms with Crippen LogP contribution in [0.25, 0.3) is 5.82 Å². The second kappa shape index (κ2) is 4.23. The number of pyridine rings is 1. The molecular formula is C9H6F3N5O2. The number of anilines is 1. The van der Waals surface area contributed by atoms with Crippen LogP contribution in [0.3, 0.4) is 0 Å². The van der Waals surface area contributed by atoms with Gasteiger partial charge in [0.15, 0.2) is 5.69 Å². The molecule has 0 aliphatic carbocycles. The minimum absolute atomic E-state index is 0.0651. The van der Waals surface area contributed by atoms with E-state index in [4.69, 9.17) is 5.73 Å². The first-order valence-corrected chi connectivity index (χ1v) is 4.83. The van der Waals surface area contributed by atoms with Gasteiger partial charge >= 0.3 is 11.9 Å². The molecule has 0 saturated heterocycles. The Morgan fingerprint density at radius 1 is 1.32 bits per heavy atom. The SMILES string of the molecule is Nc1ccc([N+](=O)[O-])c(-n2ccc(C(F)(F)F)n2)n1. The highest BCUT2D eigenvalue weighted by molar-refractivity contribution is 5.51. The second-order valence-electron chi connectivity index (χ2n) is 3.48. The zero-order chi connectivity index (χ0) is 14.2. The number of rotatable bonds is 2. The number of halogens is 3. The number of alkyl halides is 3. The fourth-order valence-electron chi connectivity index (χ4n) is 1.36. The van der Waals surface area contributed by atoms with Crippen LogP contribution in [0.15, 0.2) is 24.4 Å². The highest BCUT2D eigenvalue weighted by Gasteiger charge is 2.34. The Morgan fingerprint density at radius 3 is 2.53 bits per heavy atom. The zero-order valence-corrected chi connectivity index (χ0v) is 9.13. The molecule has 2 rings (SSSR count). The molecule has 0 aromatic carbocycles. The van der Waals surface area contributed by atoms with Crippen LogP contribution in [0.1, 0.15) is 5.69 Å². The van der Waals surface area contributed by atoms with Crippen molar-refractivity contribution in [3.8, 4) is 5.82 Å². The zero-order valence-electron chi connectivity index (χ0n) is 9.13. The number of nitrogens with zero attached hydrogens (tertiary/aromatic N) is 4. The summed E-state index contributed by atoms with van der Waals surface area (Å²) in [5, 5.41) is 14.0. The van der Waals surface area contributed by atoms with Crippen LogP contribution in [0, 0.1) is 10.1 Å². The predicted molar refractivity (Wildman–Crippen MR) is 57.4 cm³/mol. The molecule has 0 fully saturated rings. The molecule has 0 radical (unpaired) electrons. The lowest BCUT2D eigenvalue weighted by Crippen LogP contribution is -2.09. The summed E-state index contributed by atoms with van der Waals surface area (Å²) in [4.78, 5) is 13.6. The van der Waals surface area contributed by atoms with Crippen LogP contribution in [0.5, 0.6) is 0 Å². The molecule has 2 aromatic heterocycles. The van der Waals surface area contributed by atoms with Crippen molar-refractivity contribution in [2.24, 2.45) is 0 Å². The molecule has 0 atom stereocenters. The Balaban J connectivity index is 2.55. The Labute approximate surface area is 103 Å². The molecule has 0 spiro atoms. The molecular weight excluding hydrogens is 267 g/mol. The van der Waals surface area contributed by atoms with Crippen LogP contribution >= 0.6 is 0 Å². The highest BCUT2D eigenvalue weighted by atomic mass is 19.4. The van der Waals surface area contributed by atoms with Crippen molar-refractivity contribution >= 4 is 11.5 Å². The topological polar surface area (TPSA) is 99.9 Å². The Hall–Kier alpha value is -2.65. The Bertz CT molecular complexity index is 637. The van der Waals surface area contributed by atoms with Gasteiger partial charge in [-0.15, -0.1) is 0 Å². The Kier molecular flexibility index (Phi) is 2.85. The van der Waals surface area contributed by atoms with Crippen LogP contribution in [-0.2, 0) is 6.18 Å². The lowest BCUT2D eigenvalue weighted by molar-refractivity contribution is -0.384. The van der Waals surface area contributed by atoms with Gasteiger partial charge < -0.3 is 5.73 Å². The summed E-state index contributed by atoms with van der Waals surface area (Å²) in [6, 6.07) is 2.91. The quantitative estimate of drug-likeness (QED) is 0.664. The van der Waals surface area contributed by atoms with Crippen LogP contribution in [-0.4, -0.2) is 19.7 Å². The minimum atomic E-state index is -4.64. The molecule has 0 amide bonds. The van der Waals surface area contributed by atoms with Crippen LogP contribution in [0.4, 0.5) is 24.7 Å². The molecule has 0 bridgehead atoms. The molecule has 2 heterocycles. The van der Waals surface area contributed by atoms with E-state index in [1.54, 1.807) is 0 Å². The molecule has 10 heteroatoms. The average molecular weight is 273 g/mol. The van der Waals surface area contributed by atoms with Gasteiger partial charge in [-0.3, -0.25) is 10.1 Å². The van der Waals surface area contributed by atoms with Crippen molar-refractivity contribution in [1.82, 2.24) is 14.8 Å². The van der Waals surface area contributed by atoms with Crippen molar-refractivity contribution in [2.45, 2.75) is 6.18 Å². The monoisotopic (exact) mass is 273 g/mol. The number of hydrogen-bond donors (Lipinski definition) is 1. The van der Waals surface area contributed by atoms with Gasteiger partial charge in [0.25, 0.3) is 0 Å². The average Bonchev–Trinajstić information content (AvgIpc) is 2.77. The van der Waals surface area contributed by atoms with Crippen LogP contribution in [0.2, 0.25) is 0 Å². The molecule has 7 nitrogen and oxygen atoms in total. The Morgan fingerprint density at radius 2 is 2.00 bits per heavy atom. The van der Waals surface area contributed by atoms with Gasteiger partial charge in [0.1, 0.15) is 5.82 Å². The summed E-state index contributed by atoms with van der Waals surface area (Å²) in [6.07, 6.45) is -3.71. The molecule has 2 N–H and O–H groups in total. The number of nitrogen functional groups attached to an aromatic ring is 1. The fourth-order valence-corrected chi connectivity index (χ4v) is 1.36. The summed E-state index contributed by atoms with van der Waals surface area (Å²) in [6.45, 7) is 0. The first-order valence-electron chi connectivity index (χ1n) is 4.83. The maximum atomic E-state index is 12.4. The summed E-state index contributed by atoms with van der Waals surface area (Å²) in [7, 11) is 0. The molecule has 0 aliphatic rings. The van der Waals surface area contributed by atoms with E-state index >= 15 is 0 Å². The van der Waals surface area contributed by atoms with E-state index in [0.29, 0.717) is 10.7 Å². The molecule has 0 aliphatic heterocycles. The summed E-state index contributed by atoms with van der Waals surface area (Å²) in [5.74, 6) is -0.440. The molecule has 0 unspecified atom stereocenters. The summed E-state index contributed by atoms with van der Waals surface area (Å²) < 4.78 is 37.9. The third-order valence-corrected chi connectivity index (χ3v) is 2.17. The summed E-state index contributed by atoms with van der Waals surface area (Å²) in [5.41, 5.74) is 3.69.